The summed E-state index contributed by atoms with van der Waals surface area (Å²) >= 11 is 0. The van der Waals surface area contributed by atoms with Crippen LogP contribution in [0.4, 0.5) is 4.79 Å². The van der Waals surface area contributed by atoms with E-state index in [9.17, 15) is 24.6 Å². The molecule has 0 amide bonds. The molecule has 7 nitrogen and oxygen atoms in total. The third kappa shape index (κ3) is 3.07. The predicted octanol–water partition coefficient (Wildman–Crippen LogP) is 3.65. The van der Waals surface area contributed by atoms with Gasteiger partial charge in [0.2, 0.25) is 5.60 Å². The number of aliphatic hydroxyl groups excluding tert-OH is 1. The molecular formula is C24H32O7. The normalized spacial score (nSPS) is 43.5. The van der Waals surface area contributed by atoms with Crippen LogP contribution in [0.15, 0.2) is 23.8 Å². The first-order chi connectivity index (χ1) is 14.4. The van der Waals surface area contributed by atoms with Crippen LogP contribution in [-0.2, 0) is 19.1 Å². The smallest absolute Gasteiger partial charge is 0.478 e. The number of hydrogen-bond donors (Lipinski definition) is 2. The summed E-state index contributed by atoms with van der Waals surface area (Å²) in [6.45, 7) is 7.27. The molecule has 170 valence electrons. The van der Waals surface area contributed by atoms with Crippen molar-refractivity contribution in [2.45, 2.75) is 77.6 Å². The van der Waals surface area contributed by atoms with Crippen molar-refractivity contribution in [3.05, 3.63) is 23.8 Å². The number of ether oxygens (including phenoxy) is 2. The van der Waals surface area contributed by atoms with Gasteiger partial charge < -0.3 is 19.7 Å². The van der Waals surface area contributed by atoms with Crippen LogP contribution in [0.2, 0.25) is 0 Å². The summed E-state index contributed by atoms with van der Waals surface area (Å²) in [7, 11) is 0. The number of ketones is 1. The first-order valence-corrected chi connectivity index (χ1v) is 11.2. The molecule has 4 rings (SSSR count). The Labute approximate surface area is 182 Å². The molecule has 0 aromatic rings. The molecule has 0 bridgehead atoms. The maximum Gasteiger partial charge on any atom is 0.509 e. The maximum absolute atomic E-state index is 12.5. The van der Waals surface area contributed by atoms with E-state index in [0.29, 0.717) is 6.42 Å². The Bertz CT molecular complexity index is 873. The second kappa shape index (κ2) is 7.19. The highest BCUT2D eigenvalue weighted by Gasteiger charge is 2.71. The Balaban J connectivity index is 1.71. The topological polar surface area (TPSA) is 110 Å². The summed E-state index contributed by atoms with van der Waals surface area (Å²) in [5, 5.41) is 21.6. The lowest BCUT2D eigenvalue weighted by atomic mass is 9.46. The van der Waals surface area contributed by atoms with E-state index in [-0.39, 0.29) is 36.4 Å². The number of aliphatic hydroxyl groups is 1. The number of aliphatic carboxylic acids is 1. The first-order valence-electron chi connectivity index (χ1n) is 11.2. The summed E-state index contributed by atoms with van der Waals surface area (Å²) in [6.07, 6.45) is 5.53. The van der Waals surface area contributed by atoms with Gasteiger partial charge in [0.15, 0.2) is 5.78 Å². The van der Waals surface area contributed by atoms with Gasteiger partial charge in [-0.15, -0.1) is 0 Å². The lowest BCUT2D eigenvalue weighted by molar-refractivity contribution is -0.197. The SMILES string of the molecule is CC(C)OC(=O)O[C@]1(C(=O)O)CC[C@H]2[C@@H]3CCC4=CC(=O)C=C[C@]4(C)[C@H]3[C@@H](O)C[C@@]21C. The van der Waals surface area contributed by atoms with Crippen LogP contribution < -0.4 is 0 Å². The van der Waals surface area contributed by atoms with E-state index in [4.69, 9.17) is 9.47 Å². The van der Waals surface area contributed by atoms with Gasteiger partial charge in [0.1, 0.15) is 0 Å². The molecule has 0 spiro atoms. The lowest BCUT2D eigenvalue weighted by Crippen LogP contribution is -2.62. The molecule has 0 heterocycles. The molecule has 0 aromatic heterocycles. The van der Waals surface area contributed by atoms with Crippen LogP contribution in [0.25, 0.3) is 0 Å². The van der Waals surface area contributed by atoms with Gasteiger partial charge in [0.05, 0.1) is 12.2 Å². The number of carbonyl (C=O) groups excluding carboxylic acids is 2. The molecule has 7 atom stereocenters. The fourth-order valence-electron chi connectivity index (χ4n) is 7.24. The van der Waals surface area contributed by atoms with Crippen LogP contribution in [0, 0.1) is 28.6 Å². The number of rotatable bonds is 3. The van der Waals surface area contributed by atoms with Gasteiger partial charge >= 0.3 is 12.1 Å². The first kappa shape index (κ1) is 22.1. The molecule has 0 aliphatic heterocycles. The number of carboxylic acid groups (broad SMARTS) is 1. The van der Waals surface area contributed by atoms with Gasteiger partial charge in [-0.3, -0.25) is 4.79 Å². The van der Waals surface area contributed by atoms with Crippen LogP contribution >= 0.6 is 0 Å². The molecule has 0 saturated heterocycles. The van der Waals surface area contributed by atoms with E-state index in [2.05, 4.69) is 6.92 Å². The van der Waals surface area contributed by atoms with Crippen molar-refractivity contribution in [1.29, 1.82) is 0 Å². The number of carbonyl (C=O) groups is 3. The van der Waals surface area contributed by atoms with E-state index >= 15 is 0 Å². The second-order valence-corrected chi connectivity index (χ2v) is 10.4. The van der Waals surface area contributed by atoms with Gasteiger partial charge in [0, 0.05) is 16.7 Å². The van der Waals surface area contributed by atoms with Crippen molar-refractivity contribution in [3.8, 4) is 0 Å². The number of fused-ring (bicyclic) bond motifs is 5. The average molecular weight is 433 g/mol. The van der Waals surface area contributed by atoms with Crippen molar-refractivity contribution in [2.24, 2.45) is 28.6 Å². The quantitative estimate of drug-likeness (QED) is 0.655. The summed E-state index contributed by atoms with van der Waals surface area (Å²) in [5.74, 6) is -1.27. The molecule has 0 unspecified atom stereocenters. The zero-order valence-electron chi connectivity index (χ0n) is 18.6. The summed E-state index contributed by atoms with van der Waals surface area (Å²) in [5.41, 5.74) is -2.03. The molecule has 0 radical (unpaired) electrons. The predicted molar refractivity (Wildman–Crippen MR) is 111 cm³/mol. The molecule has 0 aromatic carbocycles. The lowest BCUT2D eigenvalue weighted by Gasteiger charge is -2.59. The largest absolute Gasteiger partial charge is 0.509 e. The minimum Gasteiger partial charge on any atom is -0.478 e. The minimum atomic E-state index is -1.73. The Morgan fingerprint density at radius 2 is 1.94 bits per heavy atom. The highest BCUT2D eigenvalue weighted by atomic mass is 16.7. The van der Waals surface area contributed by atoms with Crippen LogP contribution in [0.1, 0.15) is 59.8 Å². The third-order valence-electron chi connectivity index (χ3n) is 8.55. The molecule has 7 heteroatoms. The molecular weight excluding hydrogens is 400 g/mol. The van der Waals surface area contributed by atoms with Crippen molar-refractivity contribution in [3.63, 3.8) is 0 Å². The monoisotopic (exact) mass is 432 g/mol. The molecule has 31 heavy (non-hydrogen) atoms. The molecule has 4 aliphatic rings. The van der Waals surface area contributed by atoms with Gasteiger partial charge in [-0.25, -0.2) is 9.59 Å². The second-order valence-electron chi connectivity index (χ2n) is 10.4. The van der Waals surface area contributed by atoms with Gasteiger partial charge in [-0.05, 0) is 69.9 Å². The van der Waals surface area contributed by atoms with E-state index in [1.807, 2.05) is 13.0 Å². The molecule has 4 aliphatic carbocycles. The average Bonchev–Trinajstić information content (AvgIpc) is 2.94. The van der Waals surface area contributed by atoms with E-state index in [1.165, 1.54) is 0 Å². The molecule has 3 saturated carbocycles. The van der Waals surface area contributed by atoms with Crippen LogP contribution in [0.5, 0.6) is 0 Å². The van der Waals surface area contributed by atoms with E-state index < -0.39 is 40.8 Å². The van der Waals surface area contributed by atoms with Crippen molar-refractivity contribution in [2.75, 3.05) is 0 Å². The van der Waals surface area contributed by atoms with Crippen LogP contribution in [-0.4, -0.2) is 45.9 Å². The van der Waals surface area contributed by atoms with Crippen molar-refractivity contribution in [1.82, 2.24) is 0 Å². The Morgan fingerprint density at radius 3 is 2.58 bits per heavy atom. The minimum absolute atomic E-state index is 0.0201. The summed E-state index contributed by atoms with van der Waals surface area (Å²) < 4.78 is 10.7. The van der Waals surface area contributed by atoms with E-state index in [1.54, 1.807) is 26.0 Å². The van der Waals surface area contributed by atoms with Crippen LogP contribution in [0.3, 0.4) is 0 Å². The highest BCUT2D eigenvalue weighted by Crippen LogP contribution is 2.67. The number of hydrogen-bond acceptors (Lipinski definition) is 6. The zero-order chi connectivity index (χ0) is 22.8. The Morgan fingerprint density at radius 1 is 1.23 bits per heavy atom. The van der Waals surface area contributed by atoms with Gasteiger partial charge in [-0.1, -0.05) is 25.5 Å². The highest BCUT2D eigenvalue weighted by molar-refractivity contribution is 6.01. The summed E-state index contributed by atoms with van der Waals surface area (Å²) in [6, 6.07) is 0. The van der Waals surface area contributed by atoms with Gasteiger partial charge in [0.25, 0.3) is 0 Å². The molecule has 3 fully saturated rings. The summed E-state index contributed by atoms with van der Waals surface area (Å²) in [4.78, 5) is 36.8. The molecule has 2 N–H and O–H groups in total. The fraction of sp³-hybridized carbons (Fsp3) is 0.708. The third-order valence-corrected chi connectivity index (χ3v) is 8.55. The van der Waals surface area contributed by atoms with Gasteiger partial charge in [-0.2, -0.15) is 0 Å². The number of carboxylic acids is 1. The van der Waals surface area contributed by atoms with Crippen molar-refractivity contribution >= 4 is 17.9 Å². The maximum atomic E-state index is 12.5. The fourth-order valence-corrected chi connectivity index (χ4v) is 7.24. The van der Waals surface area contributed by atoms with E-state index in [0.717, 1.165) is 18.4 Å². The standard InChI is InChI=1S/C24H32O7/c1-13(2)30-21(29)31-24(20(27)28)10-8-17-16-6-5-14-11-15(25)7-9-22(14,3)19(16)18(26)12-23(17,24)4/h7,9,11,13,16-19,26H,5-6,8,10,12H2,1-4H3,(H,27,28)/t16-,17-,18-,19+,22-,23-,24-/m0/s1. The van der Waals surface area contributed by atoms with Crippen molar-refractivity contribution < 1.29 is 34.1 Å². The Hall–Kier alpha value is -2.15. The number of allylic oxidation sites excluding steroid dienone is 4. The zero-order valence-corrected chi connectivity index (χ0v) is 18.6. The Kier molecular flexibility index (Phi) is 5.11.